The molecule has 0 spiro atoms. The highest BCUT2D eigenvalue weighted by molar-refractivity contribution is 8.25. The number of nitrogens with two attached hydrogens (primary N) is 1. The van der Waals surface area contributed by atoms with Crippen LogP contribution in [0.4, 0.5) is 5.82 Å². The second kappa shape index (κ2) is 6.63. The van der Waals surface area contributed by atoms with Crippen LogP contribution < -0.4 is 5.73 Å². The van der Waals surface area contributed by atoms with Gasteiger partial charge < -0.3 is 32.6 Å². The van der Waals surface area contributed by atoms with Gasteiger partial charge in [0.1, 0.15) is 24.1 Å². The van der Waals surface area contributed by atoms with Crippen LogP contribution in [0, 0.1) is 0 Å². The SMILES string of the molecule is COC1C(O[P+](=O)[S-])C(CO)OC1n1cnc2c(N)ncnc21. The van der Waals surface area contributed by atoms with E-state index in [1.807, 2.05) is 0 Å². The van der Waals surface area contributed by atoms with Crippen LogP contribution in [0.25, 0.3) is 11.2 Å². The summed E-state index contributed by atoms with van der Waals surface area (Å²) < 4.78 is 29.3. The maximum Gasteiger partial charge on any atom is 0.372 e. The number of aliphatic hydroxyl groups excluding tert-OH is 1. The number of anilines is 1. The van der Waals surface area contributed by atoms with Crippen LogP contribution in [0.1, 0.15) is 6.23 Å². The zero-order valence-electron chi connectivity index (χ0n) is 12.0. The van der Waals surface area contributed by atoms with Gasteiger partial charge in [-0.1, -0.05) is 4.57 Å². The largest absolute Gasteiger partial charge is 0.408 e. The van der Waals surface area contributed by atoms with Gasteiger partial charge in [-0.25, -0.2) is 15.0 Å². The molecule has 5 atom stereocenters. The van der Waals surface area contributed by atoms with Crippen LogP contribution in [-0.4, -0.2) is 56.7 Å². The Labute approximate surface area is 137 Å². The van der Waals surface area contributed by atoms with Gasteiger partial charge in [0.05, 0.1) is 12.9 Å². The maximum absolute atomic E-state index is 11.3. The Balaban J connectivity index is 2.00. The number of aliphatic hydroxyl groups is 1. The lowest BCUT2D eigenvalue weighted by atomic mass is 10.1. The van der Waals surface area contributed by atoms with E-state index in [0.29, 0.717) is 11.2 Å². The highest BCUT2D eigenvalue weighted by Crippen LogP contribution is 2.38. The molecule has 0 radical (unpaired) electrons. The van der Waals surface area contributed by atoms with E-state index in [1.54, 1.807) is 4.57 Å². The average Bonchev–Trinajstić information content (AvgIpc) is 3.08. The predicted molar refractivity (Wildman–Crippen MR) is 81.4 cm³/mol. The van der Waals surface area contributed by atoms with E-state index in [-0.39, 0.29) is 12.4 Å². The van der Waals surface area contributed by atoms with E-state index in [4.69, 9.17) is 19.7 Å². The molecule has 0 saturated carbocycles. The molecule has 2 aromatic rings. The minimum atomic E-state index is -2.30. The summed E-state index contributed by atoms with van der Waals surface area (Å²) in [5.41, 5.74) is 6.64. The highest BCUT2D eigenvalue weighted by Gasteiger charge is 2.49. The molecule has 0 amide bonds. The number of nitrogen functional groups attached to an aromatic ring is 1. The summed E-state index contributed by atoms with van der Waals surface area (Å²) in [6.45, 7) is -0.344. The van der Waals surface area contributed by atoms with Gasteiger partial charge >= 0.3 is 7.23 Å². The fourth-order valence-corrected chi connectivity index (χ4v) is 3.37. The normalized spacial score (nSPS) is 28.4. The lowest BCUT2D eigenvalue weighted by molar-refractivity contribution is -0.0583. The topological polar surface area (TPSA) is 135 Å². The van der Waals surface area contributed by atoms with Crippen LogP contribution in [0.15, 0.2) is 12.7 Å². The average molecular weight is 359 g/mol. The van der Waals surface area contributed by atoms with Crippen molar-refractivity contribution < 1.29 is 23.7 Å². The quantitative estimate of drug-likeness (QED) is 0.550. The number of hydrogen-bond acceptors (Lipinski definition) is 10. The van der Waals surface area contributed by atoms with E-state index in [1.165, 1.54) is 19.8 Å². The van der Waals surface area contributed by atoms with Crippen molar-refractivity contribution in [2.45, 2.75) is 24.5 Å². The van der Waals surface area contributed by atoms with Crippen LogP contribution in [0.2, 0.25) is 0 Å². The smallest absolute Gasteiger partial charge is 0.372 e. The summed E-state index contributed by atoms with van der Waals surface area (Å²) in [6.07, 6.45) is -0.105. The number of nitrogens with zero attached hydrogens (tertiary/aromatic N) is 4. The molecule has 10 nitrogen and oxygen atoms in total. The molecule has 0 aromatic carbocycles. The van der Waals surface area contributed by atoms with Gasteiger partial charge in [0.25, 0.3) is 0 Å². The second-order valence-electron chi connectivity index (χ2n) is 4.82. The fraction of sp³-hybridized carbons (Fsp3) is 0.545. The van der Waals surface area contributed by atoms with Crippen molar-refractivity contribution in [1.82, 2.24) is 19.5 Å². The Morgan fingerprint density at radius 2 is 2.26 bits per heavy atom. The van der Waals surface area contributed by atoms with E-state index < -0.39 is 31.8 Å². The summed E-state index contributed by atoms with van der Waals surface area (Å²) in [4.78, 5) is 12.2. The first-order valence-electron chi connectivity index (χ1n) is 6.60. The van der Waals surface area contributed by atoms with Gasteiger partial charge in [0.15, 0.2) is 23.8 Å². The van der Waals surface area contributed by atoms with E-state index in [0.717, 1.165) is 0 Å². The molecule has 23 heavy (non-hydrogen) atoms. The first kappa shape index (κ1) is 16.5. The van der Waals surface area contributed by atoms with Gasteiger partial charge in [-0.3, -0.25) is 4.57 Å². The lowest BCUT2D eigenvalue weighted by Crippen LogP contribution is -2.35. The molecule has 124 valence electrons. The van der Waals surface area contributed by atoms with Gasteiger partial charge in [-0.15, -0.1) is 0 Å². The van der Waals surface area contributed by atoms with Crippen LogP contribution in [-0.2, 0) is 30.8 Å². The molecule has 1 fully saturated rings. The molecule has 3 rings (SSSR count). The Bertz CT molecular complexity index is 730. The first-order valence-corrected chi connectivity index (χ1v) is 8.79. The summed E-state index contributed by atoms with van der Waals surface area (Å²) in [6, 6.07) is 0. The van der Waals surface area contributed by atoms with Crippen molar-refractivity contribution in [2.75, 3.05) is 19.5 Å². The molecular weight excluding hydrogens is 345 g/mol. The van der Waals surface area contributed by atoms with Crippen molar-refractivity contribution in [2.24, 2.45) is 0 Å². The van der Waals surface area contributed by atoms with Crippen LogP contribution in [0.3, 0.4) is 0 Å². The molecular formula is C11H14N5O5PS. The predicted octanol–water partition coefficient (Wildman–Crippen LogP) is -0.0973. The minimum absolute atomic E-state index is 0.237. The number of aromatic nitrogens is 4. The van der Waals surface area contributed by atoms with Crippen molar-refractivity contribution in [1.29, 1.82) is 0 Å². The molecule has 3 heterocycles. The van der Waals surface area contributed by atoms with Crippen molar-refractivity contribution >= 4 is 36.5 Å². The Kier molecular flexibility index (Phi) is 4.76. The van der Waals surface area contributed by atoms with Crippen molar-refractivity contribution in [3.63, 3.8) is 0 Å². The lowest BCUT2D eigenvalue weighted by Gasteiger charge is -2.20. The summed E-state index contributed by atoms with van der Waals surface area (Å²) in [7, 11) is -0.846. The summed E-state index contributed by atoms with van der Waals surface area (Å²) >= 11 is 4.59. The zero-order chi connectivity index (χ0) is 16.6. The zero-order valence-corrected chi connectivity index (χ0v) is 13.7. The first-order chi connectivity index (χ1) is 11.1. The summed E-state index contributed by atoms with van der Waals surface area (Å²) in [5.74, 6) is 0.237. The molecule has 0 aliphatic carbocycles. The molecule has 2 aromatic heterocycles. The van der Waals surface area contributed by atoms with Crippen molar-refractivity contribution in [3.05, 3.63) is 12.7 Å². The Morgan fingerprint density at radius 3 is 2.91 bits per heavy atom. The molecule has 5 unspecified atom stereocenters. The maximum atomic E-state index is 11.3. The molecule has 3 N–H and O–H groups in total. The standard InChI is InChI=1S/C11H14N5O5PS/c1-19-8-7(21-22(18)23)5(2-17)20-11(8)16-4-15-6-9(12)13-3-14-10(6)16/h3-5,7-8,11,17H,2H2,1H3,(H2,12,13,14). The number of methoxy groups -OCH3 is 1. The van der Waals surface area contributed by atoms with E-state index in [2.05, 4.69) is 27.2 Å². The van der Waals surface area contributed by atoms with Gasteiger partial charge in [0, 0.05) is 7.11 Å². The number of ether oxygens (including phenoxy) is 2. The Morgan fingerprint density at radius 1 is 1.48 bits per heavy atom. The van der Waals surface area contributed by atoms with E-state index >= 15 is 0 Å². The highest BCUT2D eigenvalue weighted by atomic mass is 32.7. The van der Waals surface area contributed by atoms with Crippen LogP contribution >= 0.6 is 7.23 Å². The Hall–Kier alpha value is -1.36. The second-order valence-corrected chi connectivity index (χ2v) is 6.38. The number of imidazole rings is 1. The third-order valence-corrected chi connectivity index (χ3v) is 4.28. The molecule has 1 saturated heterocycles. The van der Waals surface area contributed by atoms with Gasteiger partial charge in [-0.2, -0.15) is 4.52 Å². The molecule has 1 aliphatic heterocycles. The number of fused-ring (bicyclic) bond motifs is 1. The number of hydrogen-bond donors (Lipinski definition) is 2. The third kappa shape index (κ3) is 2.91. The number of rotatable bonds is 5. The molecule has 12 heteroatoms. The minimum Gasteiger partial charge on any atom is -0.408 e. The summed E-state index contributed by atoms with van der Waals surface area (Å²) in [5, 5.41) is 9.48. The van der Waals surface area contributed by atoms with Gasteiger partial charge in [0.2, 0.25) is 0 Å². The third-order valence-electron chi connectivity index (χ3n) is 3.61. The van der Waals surface area contributed by atoms with Crippen LogP contribution in [0.5, 0.6) is 0 Å². The molecule has 1 aliphatic rings. The van der Waals surface area contributed by atoms with Gasteiger partial charge in [-0.05, 0) is 0 Å². The van der Waals surface area contributed by atoms with E-state index in [9.17, 15) is 9.67 Å². The molecule has 0 bridgehead atoms. The monoisotopic (exact) mass is 359 g/mol. The van der Waals surface area contributed by atoms with Crippen molar-refractivity contribution in [3.8, 4) is 0 Å². The fourth-order valence-electron chi connectivity index (χ4n) is 2.61.